The second kappa shape index (κ2) is 8.76. The smallest absolute Gasteiger partial charge is 0.338 e. The van der Waals surface area contributed by atoms with E-state index in [4.69, 9.17) is 4.74 Å². The zero-order valence-electron chi connectivity index (χ0n) is 18.7. The van der Waals surface area contributed by atoms with Crippen LogP contribution in [0.5, 0.6) is 5.75 Å². The van der Waals surface area contributed by atoms with Crippen LogP contribution in [0.15, 0.2) is 87.8 Å². The van der Waals surface area contributed by atoms with Crippen molar-refractivity contribution in [3.8, 4) is 5.75 Å². The molecule has 1 aliphatic heterocycles. The van der Waals surface area contributed by atoms with Crippen LogP contribution in [0.25, 0.3) is 16.8 Å². The van der Waals surface area contributed by atoms with Crippen molar-refractivity contribution in [3.63, 3.8) is 0 Å². The van der Waals surface area contributed by atoms with E-state index >= 15 is 0 Å². The van der Waals surface area contributed by atoms with Crippen LogP contribution >= 0.6 is 11.3 Å². The first-order valence-electron chi connectivity index (χ1n) is 10.9. The van der Waals surface area contributed by atoms with Crippen molar-refractivity contribution in [2.45, 2.75) is 19.9 Å². The van der Waals surface area contributed by atoms with E-state index in [1.165, 1.54) is 11.3 Å². The number of phenols is 1. The summed E-state index contributed by atoms with van der Waals surface area (Å²) >= 11 is 1.23. The second-order valence-corrected chi connectivity index (χ2v) is 8.94. The number of esters is 1. The van der Waals surface area contributed by atoms with Gasteiger partial charge in [-0.2, -0.15) is 0 Å². The number of carbonyl (C=O) groups is 1. The maximum absolute atomic E-state index is 13.7. The molecule has 170 valence electrons. The number of phenolic OH excluding ortho intramolecular Hbond substituents is 1. The van der Waals surface area contributed by atoms with Gasteiger partial charge in [0, 0.05) is 5.56 Å². The van der Waals surface area contributed by atoms with Gasteiger partial charge in [0.05, 0.1) is 28.5 Å². The molecule has 0 bridgehead atoms. The zero-order valence-corrected chi connectivity index (χ0v) is 19.5. The molecule has 5 rings (SSSR count). The summed E-state index contributed by atoms with van der Waals surface area (Å²) in [6.07, 6.45) is 1.70. The highest BCUT2D eigenvalue weighted by Gasteiger charge is 2.33. The summed E-state index contributed by atoms with van der Waals surface area (Å²) in [5.41, 5.74) is 1.95. The van der Waals surface area contributed by atoms with Crippen LogP contribution in [-0.4, -0.2) is 22.2 Å². The van der Waals surface area contributed by atoms with Gasteiger partial charge in [-0.05, 0) is 42.3 Å². The minimum absolute atomic E-state index is 0.0903. The first-order valence-corrected chi connectivity index (χ1v) is 11.8. The van der Waals surface area contributed by atoms with E-state index in [2.05, 4.69) is 4.99 Å². The van der Waals surface area contributed by atoms with Crippen molar-refractivity contribution in [1.82, 2.24) is 4.57 Å². The SMILES string of the molecule is CCOC(=O)C1=C(C)N=c2s/c(=C/c3c(O)ccc4ccccc34)c(=O)n2C1c1ccccc1. The number of allylic oxidation sites excluding steroid dienone is 1. The molecule has 0 radical (unpaired) electrons. The Balaban J connectivity index is 1.78. The summed E-state index contributed by atoms with van der Waals surface area (Å²) in [6.45, 7) is 3.73. The Morgan fingerprint density at radius 3 is 2.62 bits per heavy atom. The molecule has 1 atom stereocenters. The summed E-state index contributed by atoms with van der Waals surface area (Å²) in [5.74, 6) is -0.397. The van der Waals surface area contributed by atoms with Crippen molar-refractivity contribution in [2.75, 3.05) is 6.61 Å². The highest BCUT2D eigenvalue weighted by Crippen LogP contribution is 2.31. The Bertz CT molecular complexity index is 1630. The number of nitrogens with zero attached hydrogens (tertiary/aromatic N) is 2. The quantitative estimate of drug-likeness (QED) is 0.462. The lowest BCUT2D eigenvalue weighted by Gasteiger charge is -2.24. The molecule has 1 aliphatic rings. The van der Waals surface area contributed by atoms with E-state index in [9.17, 15) is 14.7 Å². The Hall–Kier alpha value is -3.97. The normalized spacial score (nSPS) is 15.8. The lowest BCUT2D eigenvalue weighted by molar-refractivity contribution is -0.139. The van der Waals surface area contributed by atoms with Crippen molar-refractivity contribution in [1.29, 1.82) is 0 Å². The van der Waals surface area contributed by atoms with Crippen molar-refractivity contribution < 1.29 is 14.6 Å². The number of hydrogen-bond acceptors (Lipinski definition) is 6. The summed E-state index contributed by atoms with van der Waals surface area (Å²) in [4.78, 5) is 31.7. The number of aromatic hydroxyl groups is 1. The average Bonchev–Trinajstić information content (AvgIpc) is 3.15. The number of ether oxygens (including phenoxy) is 1. The van der Waals surface area contributed by atoms with Gasteiger partial charge >= 0.3 is 5.97 Å². The summed E-state index contributed by atoms with van der Waals surface area (Å²) in [5, 5.41) is 12.4. The van der Waals surface area contributed by atoms with E-state index < -0.39 is 12.0 Å². The molecule has 6 nitrogen and oxygen atoms in total. The van der Waals surface area contributed by atoms with Gasteiger partial charge in [-0.15, -0.1) is 0 Å². The molecule has 7 heteroatoms. The van der Waals surface area contributed by atoms with Crippen molar-refractivity contribution in [2.24, 2.45) is 4.99 Å². The molecule has 0 fully saturated rings. The van der Waals surface area contributed by atoms with Crippen LogP contribution in [-0.2, 0) is 9.53 Å². The third kappa shape index (κ3) is 3.64. The minimum atomic E-state index is -0.653. The van der Waals surface area contributed by atoms with Crippen LogP contribution in [0, 0.1) is 0 Å². The molecule has 1 N–H and O–H groups in total. The van der Waals surface area contributed by atoms with Crippen LogP contribution in [0.4, 0.5) is 0 Å². The predicted octanol–water partition coefficient (Wildman–Crippen LogP) is 3.66. The predicted molar refractivity (Wildman–Crippen MR) is 132 cm³/mol. The van der Waals surface area contributed by atoms with E-state index in [0.717, 1.165) is 16.3 Å². The lowest BCUT2D eigenvalue weighted by atomic mass is 9.96. The fourth-order valence-electron chi connectivity index (χ4n) is 4.31. The largest absolute Gasteiger partial charge is 0.507 e. The van der Waals surface area contributed by atoms with Gasteiger partial charge in [0.2, 0.25) is 0 Å². The van der Waals surface area contributed by atoms with Crippen molar-refractivity contribution >= 4 is 34.2 Å². The monoisotopic (exact) mass is 470 g/mol. The number of rotatable bonds is 4. The maximum Gasteiger partial charge on any atom is 0.338 e. The topological polar surface area (TPSA) is 80.9 Å². The van der Waals surface area contributed by atoms with Gasteiger partial charge in [0.1, 0.15) is 5.75 Å². The van der Waals surface area contributed by atoms with Crippen LogP contribution in [0.2, 0.25) is 0 Å². The summed E-state index contributed by atoms with van der Waals surface area (Å²) < 4.78 is 7.28. The van der Waals surface area contributed by atoms with Gasteiger partial charge in [-0.3, -0.25) is 9.36 Å². The van der Waals surface area contributed by atoms with Gasteiger partial charge < -0.3 is 9.84 Å². The van der Waals surface area contributed by atoms with Crippen LogP contribution in [0.1, 0.15) is 31.0 Å². The third-order valence-corrected chi connectivity index (χ3v) is 6.84. The fraction of sp³-hybridized carbons (Fsp3) is 0.148. The number of thiazole rings is 1. The molecule has 4 aromatic rings. The molecular formula is C27H22N2O4S. The molecule has 2 heterocycles. The van der Waals surface area contributed by atoms with Gasteiger partial charge in [-0.25, -0.2) is 9.79 Å². The van der Waals surface area contributed by atoms with Gasteiger partial charge in [0.15, 0.2) is 4.80 Å². The molecule has 34 heavy (non-hydrogen) atoms. The molecule has 1 aromatic heterocycles. The first-order chi connectivity index (χ1) is 16.5. The highest BCUT2D eigenvalue weighted by molar-refractivity contribution is 7.07. The molecule has 0 amide bonds. The molecule has 0 aliphatic carbocycles. The molecule has 3 aromatic carbocycles. The third-order valence-electron chi connectivity index (χ3n) is 5.86. The Kier molecular flexibility index (Phi) is 5.63. The minimum Gasteiger partial charge on any atom is -0.507 e. The second-order valence-electron chi connectivity index (χ2n) is 7.93. The van der Waals surface area contributed by atoms with E-state index in [1.54, 1.807) is 30.6 Å². The average molecular weight is 471 g/mol. The molecule has 1 unspecified atom stereocenters. The van der Waals surface area contributed by atoms with Crippen molar-refractivity contribution in [3.05, 3.63) is 109 Å². The molecular weight excluding hydrogens is 448 g/mol. The Morgan fingerprint density at radius 1 is 1.12 bits per heavy atom. The number of benzene rings is 3. The number of fused-ring (bicyclic) bond motifs is 2. The maximum atomic E-state index is 13.7. The summed E-state index contributed by atoms with van der Waals surface area (Å²) in [7, 11) is 0. The van der Waals surface area contributed by atoms with Crippen LogP contribution in [0.3, 0.4) is 0 Å². The fourth-order valence-corrected chi connectivity index (χ4v) is 5.34. The Morgan fingerprint density at radius 2 is 1.85 bits per heavy atom. The van der Waals surface area contributed by atoms with Gasteiger partial charge in [-0.1, -0.05) is 72.0 Å². The van der Waals surface area contributed by atoms with E-state index in [-0.39, 0.29) is 17.9 Å². The number of carbonyl (C=O) groups excluding carboxylic acids is 1. The Labute approximate surface area is 199 Å². The summed E-state index contributed by atoms with van der Waals surface area (Å²) in [6, 6.07) is 19.9. The zero-order chi connectivity index (χ0) is 23.8. The van der Waals surface area contributed by atoms with E-state index in [0.29, 0.717) is 26.2 Å². The number of hydrogen-bond donors (Lipinski definition) is 1. The lowest BCUT2D eigenvalue weighted by Crippen LogP contribution is -2.39. The molecule has 0 saturated carbocycles. The standard InChI is InChI=1S/C27H22N2O4S/c1-3-33-26(32)23-16(2)28-27-29(24(23)18-10-5-4-6-11-18)25(31)22(34-27)15-20-19-12-8-7-9-17(19)13-14-21(20)30/h4-15,24,30H,3H2,1-2H3/b22-15+. The molecule has 0 saturated heterocycles. The van der Waals surface area contributed by atoms with E-state index in [1.807, 2.05) is 60.7 Å². The van der Waals surface area contributed by atoms with Crippen LogP contribution < -0.4 is 14.9 Å². The first kappa shape index (κ1) is 21.9. The molecule has 0 spiro atoms. The number of aromatic nitrogens is 1. The highest BCUT2D eigenvalue weighted by atomic mass is 32.1. The van der Waals surface area contributed by atoms with Gasteiger partial charge in [0.25, 0.3) is 5.56 Å².